The number of carbonyl (C=O) groups is 4. The van der Waals surface area contributed by atoms with Crippen LogP contribution in [0.5, 0.6) is 11.5 Å². The van der Waals surface area contributed by atoms with Gasteiger partial charge in [-0.05, 0) is 57.6 Å². The highest BCUT2D eigenvalue weighted by Gasteiger charge is 2.75. The van der Waals surface area contributed by atoms with E-state index in [2.05, 4.69) is 10.6 Å². The molecule has 2 saturated carbocycles. The van der Waals surface area contributed by atoms with Crippen molar-refractivity contribution in [3.8, 4) is 22.8 Å². The maximum absolute atomic E-state index is 14.6. The second-order valence-electron chi connectivity index (χ2n) is 16.4. The minimum Gasteiger partial charge on any atom is -0.497 e. The maximum Gasteiger partial charge on any atom is 0.408 e. The molecule has 2 heterocycles. The zero-order chi connectivity index (χ0) is 37.6. The first kappa shape index (κ1) is 36.9. The molecular formula is C40H50N4O8. The standard InChI is InChI=1S/C40H50N4O8/c1-37(2,3)32(42-36(48)52-38(4,5)6)34(46)44-22-26(20-30(44)33(45)43-40(35(47)50-8)23-39(40)17-12-18-39)51-31-21-28(24-13-10-9-11-14-24)41-29-19-25(49-7)15-16-27(29)31/h9-11,13-16,19,21,26,30,32H,12,17-18,20,22-23H2,1-8H3,(H,42,48)(H,43,45)/t26?,30-,32+,40?/m0/s1. The summed E-state index contributed by atoms with van der Waals surface area (Å²) < 4.78 is 22.9. The first-order valence-corrected chi connectivity index (χ1v) is 17.9. The molecule has 0 radical (unpaired) electrons. The third kappa shape index (κ3) is 7.12. The normalized spacial score (nSPS) is 22.6. The summed E-state index contributed by atoms with van der Waals surface area (Å²) in [6.07, 6.45) is 1.89. The highest BCUT2D eigenvalue weighted by atomic mass is 16.6. The van der Waals surface area contributed by atoms with E-state index in [1.54, 1.807) is 27.9 Å². The van der Waals surface area contributed by atoms with E-state index in [4.69, 9.17) is 23.9 Å². The Hall–Kier alpha value is -4.87. The number of hydrogen-bond acceptors (Lipinski definition) is 9. The van der Waals surface area contributed by atoms with Crippen molar-refractivity contribution in [1.82, 2.24) is 20.5 Å². The number of aromatic nitrogens is 1. The molecule has 4 atom stereocenters. The molecule has 1 saturated heterocycles. The Morgan fingerprint density at radius 1 is 0.962 bits per heavy atom. The maximum atomic E-state index is 14.6. The lowest BCUT2D eigenvalue weighted by atomic mass is 9.77. The highest BCUT2D eigenvalue weighted by molar-refractivity contribution is 5.97. The summed E-state index contributed by atoms with van der Waals surface area (Å²) in [5, 5.41) is 6.56. The van der Waals surface area contributed by atoms with Crippen LogP contribution in [0.25, 0.3) is 22.2 Å². The Morgan fingerprint density at radius 2 is 1.67 bits per heavy atom. The fourth-order valence-corrected chi connectivity index (χ4v) is 7.61. The van der Waals surface area contributed by atoms with Gasteiger partial charge in [-0.2, -0.15) is 0 Å². The van der Waals surface area contributed by atoms with E-state index in [1.807, 2.05) is 75.4 Å². The van der Waals surface area contributed by atoms with Crippen molar-refractivity contribution in [3.63, 3.8) is 0 Å². The van der Waals surface area contributed by atoms with E-state index < -0.39 is 58.6 Å². The van der Waals surface area contributed by atoms with E-state index >= 15 is 0 Å². The predicted molar refractivity (Wildman–Crippen MR) is 195 cm³/mol. The molecule has 3 fully saturated rings. The number of ether oxygens (including phenoxy) is 4. The summed E-state index contributed by atoms with van der Waals surface area (Å²) in [4.78, 5) is 61.5. The van der Waals surface area contributed by atoms with Crippen molar-refractivity contribution in [3.05, 3.63) is 54.6 Å². The first-order valence-electron chi connectivity index (χ1n) is 17.9. The fraction of sp³-hybridized carbons (Fsp3) is 0.525. The van der Waals surface area contributed by atoms with Gasteiger partial charge >= 0.3 is 12.1 Å². The van der Waals surface area contributed by atoms with Crippen molar-refractivity contribution < 1.29 is 38.1 Å². The van der Waals surface area contributed by atoms with Crippen molar-refractivity contribution in [2.75, 3.05) is 20.8 Å². The van der Waals surface area contributed by atoms with Gasteiger partial charge in [0, 0.05) is 34.9 Å². The summed E-state index contributed by atoms with van der Waals surface area (Å²) in [5.74, 6) is -0.227. The van der Waals surface area contributed by atoms with Crippen LogP contribution in [0, 0.1) is 10.8 Å². The second-order valence-corrected chi connectivity index (χ2v) is 16.4. The topological polar surface area (TPSA) is 145 Å². The number of carbonyl (C=O) groups excluding carboxylic acids is 4. The van der Waals surface area contributed by atoms with Crippen LogP contribution < -0.4 is 20.1 Å². The summed E-state index contributed by atoms with van der Waals surface area (Å²) in [7, 11) is 2.92. The fourth-order valence-electron chi connectivity index (χ4n) is 7.61. The Labute approximate surface area is 304 Å². The van der Waals surface area contributed by atoms with Gasteiger partial charge in [-0.15, -0.1) is 0 Å². The summed E-state index contributed by atoms with van der Waals surface area (Å²) in [6, 6.07) is 15.1. The van der Waals surface area contributed by atoms with Gasteiger partial charge in [0.2, 0.25) is 11.8 Å². The van der Waals surface area contributed by atoms with Crippen molar-refractivity contribution in [1.29, 1.82) is 0 Å². The SMILES string of the molecule is COC(=O)C1(NC(=O)[C@@H]2CC(Oc3cc(-c4ccccc4)nc4cc(OC)ccc34)CN2C(=O)[C@@H](NC(=O)OC(C)(C)C)C(C)(C)C)CC12CCC2. The minimum absolute atomic E-state index is 0.0521. The van der Waals surface area contributed by atoms with Crippen LogP contribution in [-0.2, 0) is 23.9 Å². The molecule has 2 N–H and O–H groups in total. The molecule has 278 valence electrons. The molecule has 52 heavy (non-hydrogen) atoms. The lowest BCUT2D eigenvalue weighted by Crippen LogP contribution is -2.60. The zero-order valence-corrected chi connectivity index (χ0v) is 31.3. The number of methoxy groups -OCH3 is 2. The molecule has 12 nitrogen and oxygen atoms in total. The van der Waals surface area contributed by atoms with Gasteiger partial charge < -0.3 is 34.5 Å². The van der Waals surface area contributed by atoms with E-state index in [-0.39, 0.29) is 18.4 Å². The Kier molecular flexibility index (Phi) is 9.65. The average Bonchev–Trinajstić information content (AvgIpc) is 3.59. The molecule has 0 bridgehead atoms. The molecule has 2 aliphatic carbocycles. The van der Waals surface area contributed by atoms with Gasteiger partial charge in [0.05, 0.1) is 32.0 Å². The van der Waals surface area contributed by atoms with Crippen molar-refractivity contribution in [2.24, 2.45) is 10.8 Å². The number of hydrogen-bond donors (Lipinski definition) is 2. The van der Waals surface area contributed by atoms with Crippen molar-refractivity contribution in [2.45, 2.75) is 103 Å². The van der Waals surface area contributed by atoms with E-state index in [0.717, 1.165) is 30.2 Å². The number of rotatable bonds is 9. The molecule has 1 aliphatic heterocycles. The second kappa shape index (κ2) is 13.6. The number of benzene rings is 2. The number of esters is 1. The molecule has 3 aromatic rings. The number of likely N-dealkylation sites (tertiary alicyclic amines) is 1. The predicted octanol–water partition coefficient (Wildman–Crippen LogP) is 5.80. The van der Waals surface area contributed by atoms with Gasteiger partial charge in [-0.1, -0.05) is 57.5 Å². The molecule has 6 rings (SSSR count). The molecule has 3 aliphatic rings. The van der Waals surface area contributed by atoms with E-state index in [9.17, 15) is 19.2 Å². The number of nitrogens with zero attached hydrogens (tertiary/aromatic N) is 2. The molecule has 2 aromatic carbocycles. The van der Waals surface area contributed by atoms with Gasteiger partial charge in [0.15, 0.2) is 0 Å². The van der Waals surface area contributed by atoms with Crippen LogP contribution in [0.1, 0.15) is 73.6 Å². The van der Waals surface area contributed by atoms with Crippen LogP contribution >= 0.6 is 0 Å². The number of pyridine rings is 1. The van der Waals surface area contributed by atoms with E-state index in [0.29, 0.717) is 29.1 Å². The molecule has 12 heteroatoms. The number of nitrogens with one attached hydrogen (secondary N) is 2. The number of amides is 3. The summed E-state index contributed by atoms with van der Waals surface area (Å²) in [6.45, 7) is 10.8. The smallest absolute Gasteiger partial charge is 0.408 e. The molecular weight excluding hydrogens is 664 g/mol. The molecule has 1 aromatic heterocycles. The summed E-state index contributed by atoms with van der Waals surface area (Å²) >= 11 is 0. The van der Waals surface area contributed by atoms with Crippen molar-refractivity contribution >= 4 is 34.8 Å². The summed E-state index contributed by atoms with van der Waals surface area (Å²) in [5.41, 5.74) is -0.760. The lowest BCUT2D eigenvalue weighted by Gasteiger charge is -2.36. The van der Waals surface area contributed by atoms with Gasteiger partial charge in [-0.3, -0.25) is 9.59 Å². The minimum atomic E-state index is -1.13. The Morgan fingerprint density at radius 3 is 2.25 bits per heavy atom. The van der Waals surface area contributed by atoms with Gasteiger partial charge in [-0.25, -0.2) is 14.6 Å². The van der Waals surface area contributed by atoms with Gasteiger partial charge in [0.1, 0.15) is 40.8 Å². The average molecular weight is 715 g/mol. The lowest BCUT2D eigenvalue weighted by molar-refractivity contribution is -0.150. The van der Waals surface area contributed by atoms with Crippen LogP contribution in [0.4, 0.5) is 4.79 Å². The Bertz CT molecular complexity index is 1860. The van der Waals surface area contributed by atoms with Crippen LogP contribution in [0.2, 0.25) is 0 Å². The van der Waals surface area contributed by atoms with Gasteiger partial charge in [0.25, 0.3) is 0 Å². The number of fused-ring (bicyclic) bond motifs is 1. The third-order valence-corrected chi connectivity index (χ3v) is 10.5. The molecule has 2 unspecified atom stereocenters. The highest BCUT2D eigenvalue weighted by Crippen LogP contribution is 2.68. The zero-order valence-electron chi connectivity index (χ0n) is 31.3. The quantitative estimate of drug-likeness (QED) is 0.263. The first-order chi connectivity index (χ1) is 24.5. The largest absolute Gasteiger partial charge is 0.497 e. The Balaban J connectivity index is 1.35. The van der Waals surface area contributed by atoms with E-state index in [1.165, 1.54) is 12.0 Å². The number of alkyl carbamates (subject to hydrolysis) is 1. The third-order valence-electron chi connectivity index (χ3n) is 10.5. The van der Waals surface area contributed by atoms with Crippen LogP contribution in [0.3, 0.4) is 0 Å². The molecule has 1 spiro atoms. The molecule has 3 amide bonds. The monoisotopic (exact) mass is 714 g/mol. The van der Waals surface area contributed by atoms with Crippen LogP contribution in [0.15, 0.2) is 54.6 Å². The van der Waals surface area contributed by atoms with Crippen LogP contribution in [-0.4, -0.2) is 83.9 Å².